The fourth-order valence-electron chi connectivity index (χ4n) is 2.59. The molecular weight excluding hydrogens is 258 g/mol. The average molecular weight is 289 g/mol. The van der Waals surface area contributed by atoms with Gasteiger partial charge in [0.2, 0.25) is 5.91 Å². The minimum absolute atomic E-state index is 0.146. The fraction of sp³-hybridized carbons (Fsp3) is 0.632. The largest absolute Gasteiger partial charge is 0.326 e. The van der Waals surface area contributed by atoms with E-state index in [-0.39, 0.29) is 5.91 Å². The summed E-state index contributed by atoms with van der Waals surface area (Å²) in [6, 6.07) is 6.14. The van der Waals surface area contributed by atoms with Crippen molar-refractivity contribution in [2.75, 3.05) is 5.32 Å². The van der Waals surface area contributed by atoms with E-state index in [0.717, 1.165) is 17.7 Å². The van der Waals surface area contributed by atoms with E-state index >= 15 is 0 Å². The average Bonchev–Trinajstić information content (AvgIpc) is 2.45. The van der Waals surface area contributed by atoms with Gasteiger partial charge in [-0.3, -0.25) is 4.79 Å². The summed E-state index contributed by atoms with van der Waals surface area (Å²) in [5.41, 5.74) is 3.32. The molecule has 0 aliphatic carbocycles. The molecule has 0 spiro atoms. The van der Waals surface area contributed by atoms with Crippen LogP contribution in [0.2, 0.25) is 0 Å². The fourth-order valence-corrected chi connectivity index (χ4v) is 2.59. The van der Waals surface area contributed by atoms with E-state index in [2.05, 4.69) is 25.2 Å². The monoisotopic (exact) mass is 289 g/mol. The topological polar surface area (TPSA) is 29.1 Å². The molecule has 0 aliphatic heterocycles. The van der Waals surface area contributed by atoms with Crippen molar-refractivity contribution in [3.05, 3.63) is 29.3 Å². The van der Waals surface area contributed by atoms with Crippen molar-refractivity contribution in [3.8, 4) is 0 Å². The number of amides is 1. The van der Waals surface area contributed by atoms with Gasteiger partial charge in [-0.25, -0.2) is 0 Å². The second-order valence-corrected chi connectivity index (χ2v) is 6.09. The number of hydrogen-bond donors (Lipinski definition) is 1. The van der Waals surface area contributed by atoms with Crippen LogP contribution >= 0.6 is 0 Å². The van der Waals surface area contributed by atoms with E-state index in [9.17, 15) is 4.79 Å². The maximum atomic E-state index is 11.9. The summed E-state index contributed by atoms with van der Waals surface area (Å²) in [5.74, 6) is 0.146. The number of carbonyl (C=O) groups excluding carboxylic acids is 1. The Hall–Kier alpha value is -1.31. The molecule has 0 atom stereocenters. The van der Waals surface area contributed by atoms with E-state index in [4.69, 9.17) is 0 Å². The molecule has 1 N–H and O–H groups in total. The molecule has 1 aromatic carbocycles. The molecule has 2 heteroatoms. The normalized spacial score (nSPS) is 10.6. The van der Waals surface area contributed by atoms with Gasteiger partial charge in [0.25, 0.3) is 0 Å². The molecule has 21 heavy (non-hydrogen) atoms. The summed E-state index contributed by atoms with van der Waals surface area (Å²) in [5, 5.41) is 3.02. The van der Waals surface area contributed by atoms with Crippen LogP contribution in [-0.4, -0.2) is 5.91 Å². The van der Waals surface area contributed by atoms with Crippen molar-refractivity contribution in [3.63, 3.8) is 0 Å². The Kier molecular flexibility index (Phi) is 8.80. The van der Waals surface area contributed by atoms with Gasteiger partial charge in [0.1, 0.15) is 0 Å². The van der Waals surface area contributed by atoms with Crippen LogP contribution < -0.4 is 5.32 Å². The zero-order valence-corrected chi connectivity index (χ0v) is 14.0. The first kappa shape index (κ1) is 17.7. The number of hydrogen-bond acceptors (Lipinski definition) is 1. The van der Waals surface area contributed by atoms with Gasteiger partial charge in [0.05, 0.1) is 0 Å². The molecule has 0 aliphatic rings. The Balaban J connectivity index is 2.11. The number of unbranched alkanes of at least 4 members (excludes halogenated alkanes) is 7. The molecule has 0 radical (unpaired) electrons. The number of benzene rings is 1. The molecule has 0 heterocycles. The molecular formula is C19H31NO. The lowest BCUT2D eigenvalue weighted by Crippen LogP contribution is -2.12. The molecule has 0 unspecified atom stereocenters. The first-order valence-electron chi connectivity index (χ1n) is 8.50. The molecule has 1 rings (SSSR count). The highest BCUT2D eigenvalue weighted by Crippen LogP contribution is 2.17. The van der Waals surface area contributed by atoms with Crippen molar-refractivity contribution in [1.82, 2.24) is 0 Å². The van der Waals surface area contributed by atoms with Gasteiger partial charge in [0.15, 0.2) is 0 Å². The Labute approximate surface area is 130 Å². The molecule has 1 amide bonds. The molecule has 0 saturated carbocycles. The van der Waals surface area contributed by atoms with E-state index in [1.165, 1.54) is 50.5 Å². The molecule has 0 fully saturated rings. The summed E-state index contributed by atoms with van der Waals surface area (Å²) in [6.07, 6.45) is 10.8. The summed E-state index contributed by atoms with van der Waals surface area (Å²) >= 11 is 0. The SMILES string of the molecule is CCCCCCCCCCC(=O)Nc1ccc(C)cc1C. The summed E-state index contributed by atoms with van der Waals surface area (Å²) in [6.45, 7) is 6.35. The lowest BCUT2D eigenvalue weighted by molar-refractivity contribution is -0.116. The second-order valence-electron chi connectivity index (χ2n) is 6.09. The zero-order chi connectivity index (χ0) is 15.5. The Morgan fingerprint density at radius 2 is 1.57 bits per heavy atom. The van der Waals surface area contributed by atoms with Gasteiger partial charge < -0.3 is 5.32 Å². The third-order valence-electron chi connectivity index (χ3n) is 3.91. The van der Waals surface area contributed by atoms with Crippen LogP contribution in [0.5, 0.6) is 0 Å². The van der Waals surface area contributed by atoms with E-state index in [1.807, 2.05) is 19.1 Å². The third kappa shape index (κ3) is 7.89. The summed E-state index contributed by atoms with van der Waals surface area (Å²) < 4.78 is 0. The van der Waals surface area contributed by atoms with Gasteiger partial charge in [-0.05, 0) is 31.9 Å². The third-order valence-corrected chi connectivity index (χ3v) is 3.91. The summed E-state index contributed by atoms with van der Waals surface area (Å²) in [7, 11) is 0. The van der Waals surface area contributed by atoms with Crippen molar-refractivity contribution < 1.29 is 4.79 Å². The van der Waals surface area contributed by atoms with Gasteiger partial charge in [-0.2, -0.15) is 0 Å². The number of nitrogens with one attached hydrogen (secondary N) is 1. The van der Waals surface area contributed by atoms with Crippen LogP contribution in [0.3, 0.4) is 0 Å². The molecule has 0 bridgehead atoms. The predicted octanol–water partition coefficient (Wildman–Crippen LogP) is 5.77. The first-order valence-corrected chi connectivity index (χ1v) is 8.50. The Bertz CT molecular complexity index is 426. The Morgan fingerprint density at radius 3 is 2.19 bits per heavy atom. The van der Waals surface area contributed by atoms with E-state index in [1.54, 1.807) is 0 Å². The minimum Gasteiger partial charge on any atom is -0.326 e. The highest BCUT2D eigenvalue weighted by Gasteiger charge is 2.04. The quantitative estimate of drug-likeness (QED) is 0.544. The van der Waals surface area contributed by atoms with Crippen molar-refractivity contribution >= 4 is 11.6 Å². The van der Waals surface area contributed by atoms with Crippen LogP contribution in [0.4, 0.5) is 5.69 Å². The summed E-state index contributed by atoms with van der Waals surface area (Å²) in [4.78, 5) is 11.9. The van der Waals surface area contributed by atoms with Gasteiger partial charge in [0, 0.05) is 12.1 Å². The van der Waals surface area contributed by atoms with Crippen molar-refractivity contribution in [1.29, 1.82) is 0 Å². The predicted molar refractivity (Wildman–Crippen MR) is 91.8 cm³/mol. The van der Waals surface area contributed by atoms with Crippen LogP contribution in [-0.2, 0) is 4.79 Å². The highest BCUT2D eigenvalue weighted by molar-refractivity contribution is 5.91. The number of carbonyl (C=O) groups is 1. The number of anilines is 1. The van der Waals surface area contributed by atoms with Crippen LogP contribution in [0.15, 0.2) is 18.2 Å². The zero-order valence-electron chi connectivity index (χ0n) is 14.0. The lowest BCUT2D eigenvalue weighted by atomic mass is 10.1. The Morgan fingerprint density at radius 1 is 0.952 bits per heavy atom. The van der Waals surface area contributed by atoms with Gasteiger partial charge >= 0.3 is 0 Å². The van der Waals surface area contributed by atoms with Crippen LogP contribution in [0.1, 0.15) is 75.8 Å². The molecule has 0 aromatic heterocycles. The maximum Gasteiger partial charge on any atom is 0.224 e. The van der Waals surface area contributed by atoms with Crippen LogP contribution in [0, 0.1) is 13.8 Å². The standard InChI is InChI=1S/C19H31NO/c1-4-5-6-7-8-9-10-11-12-19(21)20-18-14-13-16(2)15-17(18)3/h13-15H,4-12H2,1-3H3,(H,20,21). The lowest BCUT2D eigenvalue weighted by Gasteiger charge is -2.09. The van der Waals surface area contributed by atoms with Crippen molar-refractivity contribution in [2.45, 2.75) is 78.6 Å². The number of aryl methyl sites for hydroxylation is 2. The molecule has 1 aromatic rings. The van der Waals surface area contributed by atoms with Gasteiger partial charge in [-0.15, -0.1) is 0 Å². The molecule has 118 valence electrons. The smallest absolute Gasteiger partial charge is 0.224 e. The van der Waals surface area contributed by atoms with Crippen LogP contribution in [0.25, 0.3) is 0 Å². The number of rotatable bonds is 10. The van der Waals surface area contributed by atoms with E-state index < -0.39 is 0 Å². The minimum atomic E-state index is 0.146. The molecule has 2 nitrogen and oxygen atoms in total. The van der Waals surface area contributed by atoms with Gasteiger partial charge in [-0.1, -0.05) is 69.6 Å². The van der Waals surface area contributed by atoms with E-state index in [0.29, 0.717) is 6.42 Å². The first-order chi connectivity index (χ1) is 10.1. The highest BCUT2D eigenvalue weighted by atomic mass is 16.1. The van der Waals surface area contributed by atoms with Crippen molar-refractivity contribution in [2.24, 2.45) is 0 Å². The maximum absolute atomic E-state index is 11.9. The second kappa shape index (κ2) is 10.4. The molecule has 0 saturated heterocycles.